The van der Waals surface area contributed by atoms with Gasteiger partial charge < -0.3 is 20.1 Å². The molecule has 0 aliphatic carbocycles. The number of hydrogen-bond acceptors (Lipinski definition) is 4. The average Bonchev–Trinajstić information content (AvgIpc) is 2.34. The molecule has 1 aliphatic heterocycles. The highest BCUT2D eigenvalue weighted by Gasteiger charge is 2.48. The van der Waals surface area contributed by atoms with E-state index in [1.165, 1.54) is 0 Å². The Balaban J connectivity index is 2.21. The minimum atomic E-state index is -1.45. The molecule has 1 aromatic rings. The number of rotatable bonds is 2. The Hall–Kier alpha value is -0.940. The van der Waals surface area contributed by atoms with Crippen molar-refractivity contribution in [2.75, 3.05) is 6.61 Å². The first-order valence-electron chi connectivity index (χ1n) is 5.78. The van der Waals surface area contributed by atoms with Gasteiger partial charge in [0, 0.05) is 6.42 Å². The molecule has 0 spiro atoms. The van der Waals surface area contributed by atoms with Crippen molar-refractivity contribution in [3.05, 3.63) is 35.9 Å². The Morgan fingerprint density at radius 2 is 1.94 bits per heavy atom. The highest BCUT2D eigenvalue weighted by molar-refractivity contribution is 5.19. The number of benzene rings is 1. The molecule has 1 saturated heterocycles. The van der Waals surface area contributed by atoms with Gasteiger partial charge in [0.25, 0.3) is 0 Å². The number of aliphatic hydroxyl groups excluding tert-OH is 2. The maximum Gasteiger partial charge on any atom is 0.123 e. The highest BCUT2D eigenvalue weighted by atomic mass is 16.5. The fourth-order valence-electron chi connectivity index (χ4n) is 2.22. The Kier molecular flexibility index (Phi) is 3.49. The van der Waals surface area contributed by atoms with E-state index in [2.05, 4.69) is 0 Å². The summed E-state index contributed by atoms with van der Waals surface area (Å²) in [7, 11) is 0. The van der Waals surface area contributed by atoms with Crippen molar-refractivity contribution in [2.24, 2.45) is 0 Å². The van der Waals surface area contributed by atoms with Gasteiger partial charge in [-0.05, 0) is 12.5 Å². The van der Waals surface area contributed by atoms with Gasteiger partial charge in [0.15, 0.2) is 0 Å². The van der Waals surface area contributed by atoms with E-state index in [1.54, 1.807) is 6.92 Å². The van der Waals surface area contributed by atoms with Crippen LogP contribution in [-0.4, -0.2) is 45.8 Å². The van der Waals surface area contributed by atoms with Crippen molar-refractivity contribution in [1.29, 1.82) is 0 Å². The third-order valence-corrected chi connectivity index (χ3v) is 3.43. The molecule has 3 N–H and O–H groups in total. The number of ether oxygens (including phenoxy) is 1. The largest absolute Gasteiger partial charge is 0.388 e. The summed E-state index contributed by atoms with van der Waals surface area (Å²) in [4.78, 5) is 0. The lowest BCUT2D eigenvalue weighted by Crippen LogP contribution is -2.63. The summed E-state index contributed by atoms with van der Waals surface area (Å²) in [5.41, 5.74) is -0.544. The second-order valence-electron chi connectivity index (χ2n) is 4.64. The van der Waals surface area contributed by atoms with Crippen LogP contribution >= 0.6 is 0 Å². The van der Waals surface area contributed by atoms with Gasteiger partial charge in [-0.3, -0.25) is 0 Å². The zero-order valence-corrected chi connectivity index (χ0v) is 9.78. The highest BCUT2D eigenvalue weighted by Crippen LogP contribution is 2.29. The lowest BCUT2D eigenvalue weighted by Gasteiger charge is -2.44. The second kappa shape index (κ2) is 4.74. The fraction of sp³-hybridized carbons (Fsp3) is 0.538. The summed E-state index contributed by atoms with van der Waals surface area (Å²) < 4.78 is 5.29. The third-order valence-electron chi connectivity index (χ3n) is 3.43. The summed E-state index contributed by atoms with van der Waals surface area (Å²) in [6.45, 7) is 1.76. The summed E-state index contributed by atoms with van der Waals surface area (Å²) in [5.74, 6) is 0. The standard InChI is InChI=1S/C13H18O4/c1-9-13(16,12(15)11(14)8-17-9)7-10-5-3-2-4-6-10/h2-6,9,11-12,14-16H,7-8H2,1H3/t9?,11-,12?,13+/m0/s1. The van der Waals surface area contributed by atoms with E-state index in [9.17, 15) is 15.3 Å². The second-order valence-corrected chi connectivity index (χ2v) is 4.64. The Morgan fingerprint density at radius 3 is 2.59 bits per heavy atom. The Morgan fingerprint density at radius 1 is 1.29 bits per heavy atom. The molecule has 0 amide bonds. The minimum Gasteiger partial charge on any atom is -0.388 e. The van der Waals surface area contributed by atoms with Crippen molar-refractivity contribution in [1.82, 2.24) is 0 Å². The van der Waals surface area contributed by atoms with Crippen LogP contribution in [0.4, 0.5) is 0 Å². The minimum absolute atomic E-state index is 0.0550. The lowest BCUT2D eigenvalue weighted by atomic mass is 9.80. The van der Waals surface area contributed by atoms with Crippen molar-refractivity contribution in [3.8, 4) is 0 Å². The first-order chi connectivity index (χ1) is 8.04. The van der Waals surface area contributed by atoms with Crippen LogP contribution < -0.4 is 0 Å². The topological polar surface area (TPSA) is 69.9 Å². The van der Waals surface area contributed by atoms with Crippen LogP contribution in [0.3, 0.4) is 0 Å². The van der Waals surface area contributed by atoms with Gasteiger partial charge >= 0.3 is 0 Å². The molecule has 2 rings (SSSR count). The van der Waals surface area contributed by atoms with Crippen molar-refractivity contribution < 1.29 is 20.1 Å². The molecule has 4 atom stereocenters. The molecular formula is C13H18O4. The van der Waals surface area contributed by atoms with Gasteiger partial charge in [-0.25, -0.2) is 0 Å². The van der Waals surface area contributed by atoms with Gasteiger partial charge in [-0.1, -0.05) is 30.3 Å². The zero-order chi connectivity index (χ0) is 12.5. The summed E-state index contributed by atoms with van der Waals surface area (Å²) in [6, 6.07) is 9.38. The third kappa shape index (κ3) is 2.35. The van der Waals surface area contributed by atoms with E-state index < -0.39 is 23.9 Å². The summed E-state index contributed by atoms with van der Waals surface area (Å²) >= 11 is 0. The van der Waals surface area contributed by atoms with Crippen LogP contribution in [0.5, 0.6) is 0 Å². The molecule has 0 radical (unpaired) electrons. The van der Waals surface area contributed by atoms with Crippen LogP contribution in [0.25, 0.3) is 0 Å². The molecule has 4 nitrogen and oxygen atoms in total. The molecule has 0 bridgehead atoms. The maximum absolute atomic E-state index is 10.5. The van der Waals surface area contributed by atoms with Gasteiger partial charge in [0.1, 0.15) is 17.8 Å². The molecular weight excluding hydrogens is 220 g/mol. The summed E-state index contributed by atoms with van der Waals surface area (Å²) in [6.07, 6.45) is -2.49. The van der Waals surface area contributed by atoms with Gasteiger partial charge in [0.05, 0.1) is 12.7 Å². The van der Waals surface area contributed by atoms with E-state index in [-0.39, 0.29) is 13.0 Å². The first-order valence-corrected chi connectivity index (χ1v) is 5.78. The van der Waals surface area contributed by atoms with Gasteiger partial charge in [-0.15, -0.1) is 0 Å². The van der Waals surface area contributed by atoms with E-state index in [0.29, 0.717) is 0 Å². The van der Waals surface area contributed by atoms with Crippen LogP contribution in [0.1, 0.15) is 12.5 Å². The molecule has 17 heavy (non-hydrogen) atoms. The predicted octanol–water partition coefficient (Wildman–Crippen LogP) is 0.101. The Bertz CT molecular complexity index is 367. The van der Waals surface area contributed by atoms with Gasteiger partial charge in [0.2, 0.25) is 0 Å². The fourth-order valence-corrected chi connectivity index (χ4v) is 2.22. The molecule has 94 valence electrons. The molecule has 2 unspecified atom stereocenters. The van der Waals surface area contributed by atoms with Crippen molar-refractivity contribution >= 4 is 0 Å². The maximum atomic E-state index is 10.5. The van der Waals surface area contributed by atoms with E-state index in [0.717, 1.165) is 5.56 Å². The summed E-state index contributed by atoms with van der Waals surface area (Å²) in [5, 5.41) is 30.0. The monoisotopic (exact) mass is 238 g/mol. The normalized spacial score (nSPS) is 38.0. The molecule has 0 saturated carbocycles. The molecule has 1 aromatic carbocycles. The molecule has 0 aromatic heterocycles. The zero-order valence-electron chi connectivity index (χ0n) is 9.78. The molecule has 1 fully saturated rings. The number of hydrogen-bond donors (Lipinski definition) is 3. The Labute approximate surface area is 100 Å². The van der Waals surface area contributed by atoms with Crippen molar-refractivity contribution in [2.45, 2.75) is 37.3 Å². The lowest BCUT2D eigenvalue weighted by molar-refractivity contribution is -0.236. The van der Waals surface area contributed by atoms with E-state index >= 15 is 0 Å². The smallest absolute Gasteiger partial charge is 0.123 e. The van der Waals surface area contributed by atoms with Crippen LogP contribution in [0, 0.1) is 0 Å². The van der Waals surface area contributed by atoms with Crippen LogP contribution in [-0.2, 0) is 11.2 Å². The van der Waals surface area contributed by atoms with E-state index in [1.807, 2.05) is 30.3 Å². The average molecular weight is 238 g/mol. The SMILES string of the molecule is CC1OC[C@H](O)C(O)[C@@]1(O)Cc1ccccc1. The van der Waals surface area contributed by atoms with Crippen molar-refractivity contribution in [3.63, 3.8) is 0 Å². The molecule has 4 heteroatoms. The van der Waals surface area contributed by atoms with Crippen LogP contribution in [0.2, 0.25) is 0 Å². The molecule has 1 aliphatic rings. The molecule has 1 heterocycles. The van der Waals surface area contributed by atoms with Crippen LogP contribution in [0.15, 0.2) is 30.3 Å². The van der Waals surface area contributed by atoms with E-state index in [4.69, 9.17) is 4.74 Å². The predicted molar refractivity (Wildman–Crippen MR) is 62.5 cm³/mol. The van der Waals surface area contributed by atoms with Gasteiger partial charge in [-0.2, -0.15) is 0 Å². The quantitative estimate of drug-likeness (QED) is 0.683. The first kappa shape index (κ1) is 12.5. The number of aliphatic hydroxyl groups is 3.